The molecule has 1 aromatic heterocycles. The van der Waals surface area contributed by atoms with Gasteiger partial charge >= 0.3 is 0 Å². The summed E-state index contributed by atoms with van der Waals surface area (Å²) in [5.41, 5.74) is 2.45. The Labute approximate surface area is 201 Å². The molecule has 0 saturated heterocycles. The van der Waals surface area contributed by atoms with Crippen molar-refractivity contribution in [2.75, 3.05) is 0 Å². The fourth-order valence-corrected chi connectivity index (χ4v) is 4.04. The van der Waals surface area contributed by atoms with Crippen molar-refractivity contribution in [3.8, 4) is 11.4 Å². The van der Waals surface area contributed by atoms with Gasteiger partial charge in [-0.3, -0.25) is 9.59 Å². The minimum atomic E-state index is -0.250. The molecule has 1 aliphatic carbocycles. The quantitative estimate of drug-likeness (QED) is 0.370. The smallest absolute Gasteiger partial charge is 0.290 e. The van der Waals surface area contributed by atoms with Crippen LogP contribution in [-0.4, -0.2) is 33.3 Å². The molecular formula is C26H24ClN3O4. The van der Waals surface area contributed by atoms with Crippen LogP contribution in [0.4, 0.5) is 0 Å². The first-order chi connectivity index (χ1) is 16.6. The van der Waals surface area contributed by atoms with Crippen LogP contribution in [0.5, 0.6) is 5.75 Å². The van der Waals surface area contributed by atoms with E-state index in [1.54, 1.807) is 16.9 Å². The van der Waals surface area contributed by atoms with Gasteiger partial charge in [-0.25, -0.2) is 4.68 Å². The molecule has 1 fully saturated rings. The first-order valence-corrected chi connectivity index (χ1v) is 11.3. The second-order valence-electron chi connectivity index (χ2n) is 7.89. The van der Waals surface area contributed by atoms with Crippen molar-refractivity contribution in [2.24, 2.45) is 0 Å². The van der Waals surface area contributed by atoms with Crippen molar-refractivity contribution in [3.63, 3.8) is 0 Å². The summed E-state index contributed by atoms with van der Waals surface area (Å²) in [7, 11) is 0. The van der Waals surface area contributed by atoms with E-state index in [0.717, 1.165) is 41.3 Å². The van der Waals surface area contributed by atoms with Crippen LogP contribution in [0.2, 0.25) is 5.02 Å². The Morgan fingerprint density at radius 1 is 1.15 bits per heavy atom. The summed E-state index contributed by atoms with van der Waals surface area (Å²) in [5.74, 6) is 0.425. The Morgan fingerprint density at radius 3 is 2.47 bits per heavy atom. The number of carbonyl (C=O) groups excluding carboxylic acids is 1. The average Bonchev–Trinajstić information content (AvgIpc) is 3.37. The number of aromatic nitrogens is 2. The van der Waals surface area contributed by atoms with E-state index in [2.05, 4.69) is 10.4 Å². The molecule has 0 atom stereocenters. The molecule has 4 aromatic rings. The molecule has 3 aromatic carbocycles. The van der Waals surface area contributed by atoms with Crippen LogP contribution in [0, 0.1) is 0 Å². The molecule has 5 rings (SSSR count). The van der Waals surface area contributed by atoms with Gasteiger partial charge in [0.05, 0.1) is 11.3 Å². The molecule has 8 heteroatoms. The highest BCUT2D eigenvalue weighted by Gasteiger charge is 2.24. The highest BCUT2D eigenvalue weighted by atomic mass is 35.5. The van der Waals surface area contributed by atoms with Gasteiger partial charge in [-0.2, -0.15) is 5.10 Å². The van der Waals surface area contributed by atoms with Crippen LogP contribution in [-0.2, 0) is 11.4 Å². The number of carbonyl (C=O) groups is 2. The van der Waals surface area contributed by atoms with Gasteiger partial charge in [-0.05, 0) is 49.1 Å². The molecular weight excluding hydrogens is 454 g/mol. The Kier molecular flexibility index (Phi) is 7.44. The maximum Gasteiger partial charge on any atom is 0.290 e. The van der Waals surface area contributed by atoms with E-state index < -0.39 is 0 Å². The van der Waals surface area contributed by atoms with Crippen LogP contribution in [0.3, 0.4) is 0 Å². The van der Waals surface area contributed by atoms with E-state index in [9.17, 15) is 4.79 Å². The van der Waals surface area contributed by atoms with Crippen molar-refractivity contribution in [2.45, 2.75) is 31.9 Å². The van der Waals surface area contributed by atoms with Crippen LogP contribution in [0.25, 0.3) is 16.5 Å². The zero-order valence-corrected chi connectivity index (χ0v) is 19.1. The van der Waals surface area contributed by atoms with E-state index in [4.69, 9.17) is 26.2 Å². The van der Waals surface area contributed by atoms with Crippen molar-refractivity contribution in [3.05, 3.63) is 89.2 Å². The number of benzene rings is 3. The molecule has 0 bridgehead atoms. The van der Waals surface area contributed by atoms with Gasteiger partial charge in [-0.1, -0.05) is 48.0 Å². The molecule has 2 N–H and O–H groups in total. The lowest BCUT2D eigenvalue weighted by atomic mass is 9.92. The molecule has 0 aliphatic heterocycles. The molecule has 0 unspecified atom stereocenters. The van der Waals surface area contributed by atoms with Crippen LogP contribution in [0.15, 0.2) is 73.1 Å². The van der Waals surface area contributed by atoms with Gasteiger partial charge in [0.15, 0.2) is 0 Å². The third-order valence-electron chi connectivity index (χ3n) is 5.72. The third kappa shape index (κ3) is 5.21. The second kappa shape index (κ2) is 10.9. The van der Waals surface area contributed by atoms with Crippen molar-refractivity contribution < 1.29 is 19.4 Å². The SMILES string of the molecule is O=C(NC1CCC1)c1cc(Cl)c2ccccc2c1OCc1ccc(-n2cccn2)cc1.O=CO. The summed E-state index contributed by atoms with van der Waals surface area (Å²) in [4.78, 5) is 21.4. The number of hydrogen-bond acceptors (Lipinski definition) is 4. The molecule has 1 heterocycles. The van der Waals surface area contributed by atoms with E-state index in [0.29, 0.717) is 22.9 Å². The molecule has 34 heavy (non-hydrogen) atoms. The molecule has 0 spiro atoms. The fourth-order valence-electron chi connectivity index (χ4n) is 3.77. The van der Waals surface area contributed by atoms with Gasteiger partial charge in [0.1, 0.15) is 12.4 Å². The molecule has 1 saturated carbocycles. The molecule has 1 amide bonds. The highest BCUT2D eigenvalue weighted by Crippen LogP contribution is 2.36. The van der Waals surface area contributed by atoms with Crippen LogP contribution in [0.1, 0.15) is 35.2 Å². The number of nitrogens with zero attached hydrogens (tertiary/aromatic N) is 2. The van der Waals surface area contributed by atoms with Gasteiger partial charge < -0.3 is 15.2 Å². The van der Waals surface area contributed by atoms with Gasteiger partial charge in [0, 0.05) is 34.2 Å². The lowest BCUT2D eigenvalue weighted by molar-refractivity contribution is -0.122. The second-order valence-corrected chi connectivity index (χ2v) is 8.30. The summed E-state index contributed by atoms with van der Waals surface area (Å²) in [5, 5.41) is 16.5. The number of fused-ring (bicyclic) bond motifs is 1. The minimum absolute atomic E-state index is 0.138. The zero-order chi connectivity index (χ0) is 23.9. The maximum absolute atomic E-state index is 13.0. The summed E-state index contributed by atoms with van der Waals surface area (Å²) < 4.78 is 8.04. The molecule has 1 aliphatic rings. The summed E-state index contributed by atoms with van der Waals surface area (Å²) in [6.45, 7) is 0.0920. The monoisotopic (exact) mass is 477 g/mol. The number of rotatable bonds is 6. The van der Waals surface area contributed by atoms with E-state index in [-0.39, 0.29) is 18.4 Å². The molecule has 0 radical (unpaired) electrons. The molecule has 174 valence electrons. The largest absolute Gasteiger partial charge is 0.487 e. The number of amides is 1. The Bertz CT molecular complexity index is 1270. The van der Waals surface area contributed by atoms with E-state index in [1.165, 1.54) is 0 Å². The number of carboxylic acid groups (broad SMARTS) is 1. The first kappa shape index (κ1) is 23.3. The van der Waals surface area contributed by atoms with Gasteiger partial charge in [-0.15, -0.1) is 0 Å². The van der Waals surface area contributed by atoms with Gasteiger partial charge in [0.25, 0.3) is 12.4 Å². The van der Waals surface area contributed by atoms with Crippen LogP contribution >= 0.6 is 11.6 Å². The Morgan fingerprint density at radius 2 is 1.85 bits per heavy atom. The van der Waals surface area contributed by atoms with E-state index >= 15 is 0 Å². The topological polar surface area (TPSA) is 93.5 Å². The van der Waals surface area contributed by atoms with Gasteiger partial charge in [0.2, 0.25) is 0 Å². The zero-order valence-electron chi connectivity index (χ0n) is 18.4. The third-order valence-corrected chi connectivity index (χ3v) is 6.03. The standard InChI is InChI=1S/C25H22ClN3O2.CH2O2/c26-23-15-22(25(30)28-18-5-3-6-18)24(21-8-2-1-7-20(21)23)31-16-17-9-11-19(12-10-17)29-14-4-13-27-29;2-1-3/h1-2,4,7-15,18H,3,5-6,16H2,(H,28,30);1H,(H,2,3). The highest BCUT2D eigenvalue weighted by molar-refractivity contribution is 6.36. The van der Waals surface area contributed by atoms with Crippen molar-refractivity contribution in [1.29, 1.82) is 0 Å². The van der Waals surface area contributed by atoms with Crippen LogP contribution < -0.4 is 10.1 Å². The maximum atomic E-state index is 13.0. The number of hydrogen-bond donors (Lipinski definition) is 2. The predicted molar refractivity (Wildman–Crippen MR) is 131 cm³/mol. The molecule has 7 nitrogen and oxygen atoms in total. The van der Waals surface area contributed by atoms with E-state index in [1.807, 2.05) is 60.8 Å². The summed E-state index contributed by atoms with van der Waals surface area (Å²) in [6, 6.07) is 19.6. The number of halogens is 1. The first-order valence-electron chi connectivity index (χ1n) is 10.9. The normalized spacial score (nSPS) is 12.9. The summed E-state index contributed by atoms with van der Waals surface area (Å²) >= 11 is 6.50. The fraction of sp³-hybridized carbons (Fsp3) is 0.192. The van der Waals surface area contributed by atoms with Crippen molar-refractivity contribution >= 4 is 34.8 Å². The number of ether oxygens (including phenoxy) is 1. The predicted octanol–water partition coefficient (Wildman–Crippen LogP) is 5.24. The van der Waals surface area contributed by atoms with Crippen molar-refractivity contribution in [1.82, 2.24) is 15.1 Å². The Balaban J connectivity index is 0.000000868. The lowest BCUT2D eigenvalue weighted by Crippen LogP contribution is -2.39. The number of nitrogens with one attached hydrogen (secondary N) is 1. The lowest BCUT2D eigenvalue weighted by Gasteiger charge is -2.27. The summed E-state index contributed by atoms with van der Waals surface area (Å²) in [6.07, 6.45) is 6.84. The minimum Gasteiger partial charge on any atom is -0.487 e. The Hall–Kier alpha value is -3.84. The average molecular weight is 478 g/mol.